The standard InChI is InChI=1S/C19H38N4O2.HI/c1-7-20-18(22-11-10-21-17(24)14(2)3)23-13-15-9-8-12-25-16(15)19(4,5)6;/h14-16H,7-13H2,1-6H3,(H,21,24)(H2,20,22,23);1H. The van der Waals surface area contributed by atoms with Crippen molar-refractivity contribution in [2.75, 3.05) is 32.8 Å². The summed E-state index contributed by atoms with van der Waals surface area (Å²) in [6.45, 7) is 16.2. The van der Waals surface area contributed by atoms with Crippen molar-refractivity contribution in [3.8, 4) is 0 Å². The minimum absolute atomic E-state index is 0. The van der Waals surface area contributed by atoms with Crippen LogP contribution < -0.4 is 16.0 Å². The van der Waals surface area contributed by atoms with Gasteiger partial charge in [0.2, 0.25) is 5.91 Å². The first-order chi connectivity index (χ1) is 11.8. The van der Waals surface area contributed by atoms with Crippen molar-refractivity contribution in [2.24, 2.45) is 22.2 Å². The predicted octanol–water partition coefficient (Wildman–Crippen LogP) is 2.77. The molecule has 7 heteroatoms. The number of amides is 1. The smallest absolute Gasteiger partial charge is 0.222 e. The maximum absolute atomic E-state index is 11.6. The molecule has 2 unspecified atom stereocenters. The largest absolute Gasteiger partial charge is 0.377 e. The number of hydrogen-bond acceptors (Lipinski definition) is 3. The number of guanidine groups is 1. The highest BCUT2D eigenvalue weighted by molar-refractivity contribution is 14.0. The molecule has 0 aromatic heterocycles. The van der Waals surface area contributed by atoms with Gasteiger partial charge in [-0.05, 0) is 25.2 Å². The first-order valence-corrected chi connectivity index (χ1v) is 9.67. The number of halogens is 1. The lowest BCUT2D eigenvalue weighted by Gasteiger charge is -2.39. The second-order valence-corrected chi connectivity index (χ2v) is 8.15. The van der Waals surface area contributed by atoms with Gasteiger partial charge in [-0.15, -0.1) is 24.0 Å². The van der Waals surface area contributed by atoms with Gasteiger partial charge in [-0.1, -0.05) is 34.6 Å². The molecule has 154 valence electrons. The Labute approximate surface area is 176 Å². The Morgan fingerprint density at radius 1 is 1.19 bits per heavy atom. The highest BCUT2D eigenvalue weighted by atomic mass is 127. The number of carbonyl (C=O) groups is 1. The third-order valence-electron chi connectivity index (χ3n) is 4.37. The summed E-state index contributed by atoms with van der Waals surface area (Å²) in [5, 5.41) is 9.47. The molecule has 2 atom stereocenters. The molecule has 1 aliphatic heterocycles. The molecule has 0 radical (unpaired) electrons. The number of nitrogens with zero attached hydrogens (tertiary/aromatic N) is 1. The Bertz CT molecular complexity index is 436. The Hall–Kier alpha value is -0.570. The van der Waals surface area contributed by atoms with Crippen molar-refractivity contribution in [1.82, 2.24) is 16.0 Å². The van der Waals surface area contributed by atoms with Crippen molar-refractivity contribution in [2.45, 2.75) is 60.5 Å². The van der Waals surface area contributed by atoms with E-state index in [1.54, 1.807) is 0 Å². The molecule has 0 saturated carbocycles. The Balaban J connectivity index is 0.00000625. The molecule has 1 saturated heterocycles. The second-order valence-electron chi connectivity index (χ2n) is 8.15. The fourth-order valence-corrected chi connectivity index (χ4v) is 3.11. The van der Waals surface area contributed by atoms with E-state index in [9.17, 15) is 4.79 Å². The summed E-state index contributed by atoms with van der Waals surface area (Å²) in [6, 6.07) is 0. The number of rotatable bonds is 7. The highest BCUT2D eigenvalue weighted by Crippen LogP contribution is 2.34. The molecule has 0 aromatic carbocycles. The first kappa shape index (κ1) is 25.4. The molecule has 1 rings (SSSR count). The molecule has 6 nitrogen and oxygen atoms in total. The molecular weight excluding hydrogens is 443 g/mol. The van der Waals surface area contributed by atoms with E-state index in [1.807, 2.05) is 13.8 Å². The zero-order valence-electron chi connectivity index (χ0n) is 17.4. The second kappa shape index (κ2) is 12.8. The van der Waals surface area contributed by atoms with Crippen molar-refractivity contribution >= 4 is 35.8 Å². The van der Waals surface area contributed by atoms with Crippen LogP contribution >= 0.6 is 24.0 Å². The van der Waals surface area contributed by atoms with Crippen molar-refractivity contribution in [1.29, 1.82) is 0 Å². The van der Waals surface area contributed by atoms with E-state index in [0.29, 0.717) is 19.0 Å². The summed E-state index contributed by atoms with van der Waals surface area (Å²) in [7, 11) is 0. The Morgan fingerprint density at radius 3 is 2.42 bits per heavy atom. The summed E-state index contributed by atoms with van der Waals surface area (Å²) in [5.41, 5.74) is 0.132. The van der Waals surface area contributed by atoms with Crippen LogP contribution in [0.5, 0.6) is 0 Å². The van der Waals surface area contributed by atoms with Crippen LogP contribution in [-0.4, -0.2) is 50.8 Å². The van der Waals surface area contributed by atoms with Gasteiger partial charge in [-0.2, -0.15) is 0 Å². The van der Waals surface area contributed by atoms with E-state index in [1.165, 1.54) is 0 Å². The van der Waals surface area contributed by atoms with E-state index in [4.69, 9.17) is 9.73 Å². The fourth-order valence-electron chi connectivity index (χ4n) is 3.11. The Kier molecular flexibility index (Phi) is 12.5. The predicted molar refractivity (Wildman–Crippen MR) is 119 cm³/mol. The average Bonchev–Trinajstić information content (AvgIpc) is 2.55. The summed E-state index contributed by atoms with van der Waals surface area (Å²) < 4.78 is 6.04. The van der Waals surface area contributed by atoms with Gasteiger partial charge in [-0.3, -0.25) is 9.79 Å². The molecule has 0 spiro atoms. The monoisotopic (exact) mass is 482 g/mol. The van der Waals surface area contributed by atoms with Gasteiger partial charge in [0, 0.05) is 44.6 Å². The van der Waals surface area contributed by atoms with Crippen molar-refractivity contribution < 1.29 is 9.53 Å². The van der Waals surface area contributed by atoms with E-state index >= 15 is 0 Å². The number of aliphatic imine (C=N–C) groups is 1. The van der Waals surface area contributed by atoms with Gasteiger partial charge in [0.25, 0.3) is 0 Å². The molecule has 1 heterocycles. The molecule has 1 amide bonds. The van der Waals surface area contributed by atoms with Gasteiger partial charge < -0.3 is 20.7 Å². The molecule has 1 fully saturated rings. The first-order valence-electron chi connectivity index (χ1n) is 9.67. The van der Waals surface area contributed by atoms with Crippen LogP contribution in [0, 0.1) is 17.3 Å². The molecule has 0 aliphatic carbocycles. The van der Waals surface area contributed by atoms with Crippen LogP contribution in [0.15, 0.2) is 4.99 Å². The van der Waals surface area contributed by atoms with E-state index in [0.717, 1.165) is 38.5 Å². The molecule has 3 N–H and O–H groups in total. The van der Waals surface area contributed by atoms with Crippen LogP contribution in [0.2, 0.25) is 0 Å². The van der Waals surface area contributed by atoms with Crippen molar-refractivity contribution in [3.05, 3.63) is 0 Å². The molecular formula is C19H39IN4O2. The van der Waals surface area contributed by atoms with Gasteiger partial charge >= 0.3 is 0 Å². The van der Waals surface area contributed by atoms with Crippen LogP contribution in [0.4, 0.5) is 0 Å². The Morgan fingerprint density at radius 2 is 1.85 bits per heavy atom. The van der Waals surface area contributed by atoms with Crippen molar-refractivity contribution in [3.63, 3.8) is 0 Å². The maximum atomic E-state index is 11.6. The van der Waals surface area contributed by atoms with Gasteiger partial charge in [-0.25, -0.2) is 0 Å². The third kappa shape index (κ3) is 9.39. The number of carbonyl (C=O) groups excluding carboxylic acids is 1. The van der Waals surface area contributed by atoms with E-state index in [2.05, 4.69) is 43.6 Å². The molecule has 0 aromatic rings. The minimum Gasteiger partial charge on any atom is -0.377 e. The summed E-state index contributed by atoms with van der Waals surface area (Å²) in [6.07, 6.45) is 2.52. The minimum atomic E-state index is 0. The molecule has 1 aliphatic rings. The topological polar surface area (TPSA) is 74.8 Å². The summed E-state index contributed by atoms with van der Waals surface area (Å²) in [4.78, 5) is 16.3. The zero-order chi connectivity index (χ0) is 18.9. The average molecular weight is 482 g/mol. The quantitative estimate of drug-likeness (QED) is 0.226. The lowest BCUT2D eigenvalue weighted by Crippen LogP contribution is -2.44. The number of ether oxygens (including phenoxy) is 1. The van der Waals surface area contributed by atoms with Gasteiger partial charge in [0.15, 0.2) is 5.96 Å². The lowest BCUT2D eigenvalue weighted by molar-refractivity contribution is -0.123. The summed E-state index contributed by atoms with van der Waals surface area (Å²) in [5.74, 6) is 1.35. The SMILES string of the molecule is CCNC(=NCC1CCCOC1C(C)(C)C)NCCNC(=O)C(C)C.I. The van der Waals surface area contributed by atoms with Gasteiger partial charge in [0.1, 0.15) is 0 Å². The highest BCUT2D eigenvalue weighted by Gasteiger charge is 2.35. The van der Waals surface area contributed by atoms with Gasteiger partial charge in [0.05, 0.1) is 6.10 Å². The molecule has 0 bridgehead atoms. The maximum Gasteiger partial charge on any atom is 0.222 e. The van der Waals surface area contributed by atoms with Crippen LogP contribution in [0.25, 0.3) is 0 Å². The van der Waals surface area contributed by atoms with E-state index in [-0.39, 0.29) is 47.3 Å². The van der Waals surface area contributed by atoms with Crippen LogP contribution in [0.3, 0.4) is 0 Å². The number of nitrogens with one attached hydrogen (secondary N) is 3. The molecule has 26 heavy (non-hydrogen) atoms. The fraction of sp³-hybridized carbons (Fsp3) is 0.895. The van der Waals surface area contributed by atoms with Crippen LogP contribution in [0.1, 0.15) is 54.4 Å². The zero-order valence-corrected chi connectivity index (χ0v) is 19.7. The normalized spacial score (nSPS) is 21.1. The third-order valence-corrected chi connectivity index (χ3v) is 4.37. The summed E-state index contributed by atoms with van der Waals surface area (Å²) >= 11 is 0. The lowest BCUT2D eigenvalue weighted by atomic mass is 9.78. The number of hydrogen-bond donors (Lipinski definition) is 3. The van der Waals surface area contributed by atoms with E-state index < -0.39 is 0 Å². The van der Waals surface area contributed by atoms with Crippen LogP contribution in [-0.2, 0) is 9.53 Å².